The van der Waals surface area contributed by atoms with E-state index in [-0.39, 0.29) is 17.7 Å². The summed E-state index contributed by atoms with van der Waals surface area (Å²) in [4.78, 5) is 0. The Bertz CT molecular complexity index is 450. The highest BCUT2D eigenvalue weighted by Gasteiger charge is 2.26. The van der Waals surface area contributed by atoms with Gasteiger partial charge >= 0.3 is 0 Å². The third-order valence-electron chi connectivity index (χ3n) is 3.69. The molecular weight excluding hydrogens is 328 g/mol. The second-order valence-corrected chi connectivity index (χ2v) is 5.95. The van der Waals surface area contributed by atoms with E-state index in [1.165, 1.54) is 12.1 Å². The van der Waals surface area contributed by atoms with Gasteiger partial charge < -0.3 is 10.1 Å². The molecule has 0 radical (unpaired) electrons. The van der Waals surface area contributed by atoms with Crippen LogP contribution in [-0.4, -0.2) is 25.3 Å². The number of ether oxygens (including phenoxy) is 1. The highest BCUT2D eigenvalue weighted by atomic mass is 79.9. The van der Waals surface area contributed by atoms with Crippen molar-refractivity contribution in [1.29, 1.82) is 0 Å². The third-order valence-corrected chi connectivity index (χ3v) is 4.31. The first-order valence-electron chi connectivity index (χ1n) is 7.10. The summed E-state index contributed by atoms with van der Waals surface area (Å²) < 4.78 is 34.0. The highest BCUT2D eigenvalue weighted by molar-refractivity contribution is 9.10. The van der Waals surface area contributed by atoms with Crippen molar-refractivity contribution >= 4 is 15.9 Å². The predicted molar refractivity (Wildman–Crippen MR) is 78.8 cm³/mol. The summed E-state index contributed by atoms with van der Waals surface area (Å²) >= 11 is 3.11. The molecule has 0 spiro atoms. The Balaban J connectivity index is 2.17. The van der Waals surface area contributed by atoms with Gasteiger partial charge in [0.05, 0.1) is 10.6 Å². The molecule has 5 heteroatoms. The molecule has 2 nitrogen and oxygen atoms in total. The second-order valence-electron chi connectivity index (χ2n) is 5.10. The van der Waals surface area contributed by atoms with Crippen LogP contribution in [0.25, 0.3) is 0 Å². The Morgan fingerprint density at radius 1 is 1.40 bits per heavy atom. The molecule has 2 atom stereocenters. The van der Waals surface area contributed by atoms with E-state index in [4.69, 9.17) is 4.74 Å². The third kappa shape index (κ3) is 3.77. The molecule has 0 bridgehead atoms. The fourth-order valence-corrected chi connectivity index (χ4v) is 3.03. The lowest BCUT2D eigenvalue weighted by Crippen LogP contribution is -2.44. The maximum atomic E-state index is 14.1. The molecule has 0 saturated carbocycles. The number of likely N-dealkylation sites (N-methyl/N-ethyl adjacent to an activating group) is 1. The Morgan fingerprint density at radius 3 is 2.85 bits per heavy atom. The molecule has 1 heterocycles. The first-order valence-corrected chi connectivity index (χ1v) is 7.90. The van der Waals surface area contributed by atoms with Crippen LogP contribution in [0.5, 0.6) is 0 Å². The van der Waals surface area contributed by atoms with E-state index in [1.54, 1.807) is 0 Å². The SMILES string of the molecule is CCNC(Cc1c(F)ccc(Br)c1F)C1CCCCO1. The van der Waals surface area contributed by atoms with Crippen molar-refractivity contribution in [3.05, 3.63) is 33.8 Å². The monoisotopic (exact) mass is 347 g/mol. The standard InChI is InChI=1S/C15H20BrF2NO/c1-2-19-13(14-5-3-4-8-20-14)9-10-12(17)7-6-11(16)15(10)18/h6-7,13-14,19H,2-5,8-9H2,1H3. The quantitative estimate of drug-likeness (QED) is 0.817. The van der Waals surface area contributed by atoms with E-state index < -0.39 is 11.6 Å². The Morgan fingerprint density at radius 2 is 2.20 bits per heavy atom. The molecule has 2 unspecified atom stereocenters. The van der Waals surface area contributed by atoms with Gasteiger partial charge in [0.15, 0.2) is 0 Å². The van der Waals surface area contributed by atoms with E-state index in [2.05, 4.69) is 21.2 Å². The number of rotatable bonds is 5. The van der Waals surface area contributed by atoms with Gasteiger partial charge in [-0.1, -0.05) is 6.92 Å². The number of benzene rings is 1. The highest BCUT2D eigenvalue weighted by Crippen LogP contribution is 2.25. The summed E-state index contributed by atoms with van der Waals surface area (Å²) in [6, 6.07) is 2.64. The molecule has 1 aromatic rings. The average Bonchev–Trinajstić information content (AvgIpc) is 2.47. The van der Waals surface area contributed by atoms with Gasteiger partial charge in [-0.2, -0.15) is 0 Å². The number of hydrogen-bond donors (Lipinski definition) is 1. The van der Waals surface area contributed by atoms with Crippen molar-refractivity contribution < 1.29 is 13.5 Å². The van der Waals surface area contributed by atoms with Gasteiger partial charge in [-0.25, -0.2) is 8.78 Å². The van der Waals surface area contributed by atoms with Gasteiger partial charge in [0.25, 0.3) is 0 Å². The smallest absolute Gasteiger partial charge is 0.143 e. The van der Waals surface area contributed by atoms with Gasteiger partial charge in [-0.15, -0.1) is 0 Å². The summed E-state index contributed by atoms with van der Waals surface area (Å²) in [7, 11) is 0. The lowest BCUT2D eigenvalue weighted by Gasteiger charge is -2.31. The first-order chi connectivity index (χ1) is 9.63. The van der Waals surface area contributed by atoms with Gasteiger partial charge in [0.2, 0.25) is 0 Å². The molecule has 112 valence electrons. The normalized spacial score (nSPS) is 20.9. The Hall–Kier alpha value is -0.520. The van der Waals surface area contributed by atoms with Crippen molar-refractivity contribution in [3.63, 3.8) is 0 Å². The van der Waals surface area contributed by atoms with Crippen LogP contribution < -0.4 is 5.32 Å². The summed E-state index contributed by atoms with van der Waals surface area (Å²) in [6.07, 6.45) is 3.44. The van der Waals surface area contributed by atoms with Crippen molar-refractivity contribution in [1.82, 2.24) is 5.32 Å². The maximum absolute atomic E-state index is 14.1. The van der Waals surface area contributed by atoms with Crippen LogP contribution >= 0.6 is 15.9 Å². The van der Waals surface area contributed by atoms with E-state index >= 15 is 0 Å². The van der Waals surface area contributed by atoms with E-state index in [9.17, 15) is 8.78 Å². The minimum absolute atomic E-state index is 0.0291. The van der Waals surface area contributed by atoms with Crippen LogP contribution in [0.2, 0.25) is 0 Å². The van der Waals surface area contributed by atoms with Crippen molar-refractivity contribution in [2.24, 2.45) is 0 Å². The van der Waals surface area contributed by atoms with E-state index in [0.717, 1.165) is 32.4 Å². The molecule has 0 aromatic heterocycles. The zero-order valence-corrected chi connectivity index (χ0v) is 13.2. The number of hydrogen-bond acceptors (Lipinski definition) is 2. The first kappa shape index (κ1) is 15.9. The van der Waals surface area contributed by atoms with Crippen LogP contribution in [0.1, 0.15) is 31.7 Å². The topological polar surface area (TPSA) is 21.3 Å². The molecule has 2 rings (SSSR count). The minimum atomic E-state index is -0.510. The van der Waals surface area contributed by atoms with Gasteiger partial charge in [0, 0.05) is 18.2 Å². The predicted octanol–water partition coefficient (Wildman–Crippen LogP) is 3.82. The van der Waals surface area contributed by atoms with Crippen LogP contribution in [0.4, 0.5) is 8.78 Å². The van der Waals surface area contributed by atoms with Gasteiger partial charge in [0.1, 0.15) is 11.6 Å². The van der Waals surface area contributed by atoms with Crippen LogP contribution in [0.15, 0.2) is 16.6 Å². The summed E-state index contributed by atoms with van der Waals surface area (Å²) in [5, 5.41) is 3.30. The largest absolute Gasteiger partial charge is 0.377 e. The zero-order valence-electron chi connectivity index (χ0n) is 11.6. The molecule has 1 saturated heterocycles. The number of halogens is 3. The fourth-order valence-electron chi connectivity index (χ4n) is 2.66. The molecule has 0 aliphatic carbocycles. The lowest BCUT2D eigenvalue weighted by atomic mass is 9.95. The number of nitrogens with one attached hydrogen (secondary N) is 1. The summed E-state index contributed by atoms with van der Waals surface area (Å²) in [5.74, 6) is -1.01. The maximum Gasteiger partial charge on any atom is 0.143 e. The fraction of sp³-hybridized carbons (Fsp3) is 0.600. The van der Waals surface area contributed by atoms with Crippen LogP contribution in [0.3, 0.4) is 0 Å². The molecule has 1 fully saturated rings. The van der Waals surface area contributed by atoms with Gasteiger partial charge in [-0.05, 0) is 60.3 Å². The van der Waals surface area contributed by atoms with E-state index in [0.29, 0.717) is 10.9 Å². The summed E-state index contributed by atoms with van der Waals surface area (Å²) in [5.41, 5.74) is 0.125. The minimum Gasteiger partial charge on any atom is -0.377 e. The molecule has 20 heavy (non-hydrogen) atoms. The van der Waals surface area contributed by atoms with Gasteiger partial charge in [-0.3, -0.25) is 0 Å². The average molecular weight is 348 g/mol. The zero-order chi connectivity index (χ0) is 14.5. The van der Waals surface area contributed by atoms with Crippen molar-refractivity contribution in [2.75, 3.05) is 13.2 Å². The Kier molecular flexibility index (Phi) is 5.93. The molecule has 1 aromatic carbocycles. The van der Waals surface area contributed by atoms with Crippen molar-refractivity contribution in [3.8, 4) is 0 Å². The summed E-state index contributed by atoms with van der Waals surface area (Å²) in [6.45, 7) is 3.47. The van der Waals surface area contributed by atoms with Crippen molar-refractivity contribution in [2.45, 2.75) is 44.8 Å². The molecule has 0 amide bonds. The van der Waals surface area contributed by atoms with E-state index in [1.807, 2.05) is 6.92 Å². The lowest BCUT2D eigenvalue weighted by molar-refractivity contribution is -0.00738. The molecule has 1 N–H and O–H groups in total. The Labute approximate surface area is 127 Å². The molecule has 1 aliphatic rings. The second kappa shape index (κ2) is 7.48. The van der Waals surface area contributed by atoms with Crippen LogP contribution in [0, 0.1) is 11.6 Å². The van der Waals surface area contributed by atoms with Crippen LogP contribution in [-0.2, 0) is 11.2 Å². The molecule has 1 aliphatic heterocycles. The molecular formula is C15H20BrF2NO.